The number of carbonyl (C=O) groups is 1. The molecule has 4 heteroatoms. The van der Waals surface area contributed by atoms with Crippen LogP contribution in [0.2, 0.25) is 0 Å². The number of terminal acetylenes is 1. The number of unbranched alkanes of at least 4 members (excludes halogenated alkanes) is 1. The van der Waals surface area contributed by atoms with Gasteiger partial charge in [-0.15, -0.1) is 12.8 Å². The first-order valence-electron chi connectivity index (χ1n) is 10.9. The number of nitrogens with zero attached hydrogens (tertiary/aromatic N) is 1. The predicted molar refractivity (Wildman–Crippen MR) is 128 cm³/mol. The van der Waals surface area contributed by atoms with E-state index in [2.05, 4.69) is 67.2 Å². The van der Waals surface area contributed by atoms with Crippen molar-refractivity contribution in [3.63, 3.8) is 0 Å². The van der Waals surface area contributed by atoms with Crippen LogP contribution in [-0.2, 0) is 6.54 Å². The molecule has 0 bridgehead atoms. The first-order valence-corrected chi connectivity index (χ1v) is 11.7. The molecule has 2 aromatic rings. The molecule has 1 fully saturated rings. The molecule has 1 heterocycles. The number of rotatable bonds is 8. The van der Waals surface area contributed by atoms with Gasteiger partial charge in [0.15, 0.2) is 0 Å². The van der Waals surface area contributed by atoms with E-state index >= 15 is 0 Å². The zero-order chi connectivity index (χ0) is 21.8. The molecule has 0 radical (unpaired) electrons. The van der Waals surface area contributed by atoms with E-state index in [9.17, 15) is 4.79 Å². The molecule has 1 aliphatic rings. The number of aryl methyl sites for hydroxylation is 1. The number of benzene rings is 2. The summed E-state index contributed by atoms with van der Waals surface area (Å²) in [5, 5.41) is 3.00. The highest BCUT2D eigenvalue weighted by atomic mass is 32.2. The van der Waals surface area contributed by atoms with Crippen molar-refractivity contribution in [2.45, 2.75) is 62.3 Å². The number of nitrogens with one attached hydrogen (secondary N) is 1. The van der Waals surface area contributed by atoms with Gasteiger partial charge in [-0.25, -0.2) is 0 Å². The number of piperidine rings is 1. The molecule has 0 atom stereocenters. The lowest BCUT2D eigenvalue weighted by atomic mass is 10.1. The van der Waals surface area contributed by atoms with Crippen molar-refractivity contribution >= 4 is 17.7 Å². The summed E-state index contributed by atoms with van der Waals surface area (Å²) in [6.07, 6.45) is 14.1. The van der Waals surface area contributed by atoms with Gasteiger partial charge in [0, 0.05) is 28.4 Å². The van der Waals surface area contributed by atoms with E-state index in [1.165, 1.54) is 47.7 Å². The fourth-order valence-electron chi connectivity index (χ4n) is 3.60. The van der Waals surface area contributed by atoms with Crippen LogP contribution in [0.25, 0.3) is 0 Å². The zero-order valence-electron chi connectivity index (χ0n) is 18.3. The molecule has 0 aromatic heterocycles. The molecule has 0 aliphatic carbocycles. The highest BCUT2D eigenvalue weighted by molar-refractivity contribution is 7.99. The Morgan fingerprint density at radius 2 is 1.80 bits per heavy atom. The molecule has 3 rings (SSSR count). The summed E-state index contributed by atoms with van der Waals surface area (Å²) in [4.78, 5) is 17.4. The summed E-state index contributed by atoms with van der Waals surface area (Å²) in [6.45, 7) is 8.42. The Morgan fingerprint density at radius 1 is 1.07 bits per heavy atom. The minimum Gasteiger partial charge on any atom is -0.352 e. The molecular weight excluding hydrogens is 388 g/mol. The average Bonchev–Trinajstić information content (AvgIpc) is 2.78. The molecule has 30 heavy (non-hydrogen) atoms. The second-order valence-electron chi connectivity index (χ2n) is 7.64. The van der Waals surface area contributed by atoms with Gasteiger partial charge in [-0.2, -0.15) is 0 Å². The molecule has 0 spiro atoms. The second kappa shape index (κ2) is 13.2. The van der Waals surface area contributed by atoms with E-state index in [1.54, 1.807) is 0 Å². The van der Waals surface area contributed by atoms with Crippen LogP contribution in [0.5, 0.6) is 0 Å². The van der Waals surface area contributed by atoms with Crippen LogP contribution >= 0.6 is 11.8 Å². The Bertz CT molecular complexity index is 825. The van der Waals surface area contributed by atoms with Crippen LogP contribution in [0.1, 0.15) is 60.5 Å². The molecule has 1 amide bonds. The fourth-order valence-corrected chi connectivity index (χ4v) is 4.60. The van der Waals surface area contributed by atoms with Crippen LogP contribution < -0.4 is 5.32 Å². The lowest BCUT2D eigenvalue weighted by molar-refractivity contribution is 0.0953. The van der Waals surface area contributed by atoms with Crippen LogP contribution in [0.15, 0.2) is 52.3 Å². The smallest absolute Gasteiger partial charge is 0.251 e. The Morgan fingerprint density at radius 3 is 2.50 bits per heavy atom. The van der Waals surface area contributed by atoms with Crippen molar-refractivity contribution in [3.8, 4) is 12.8 Å². The standard InChI is InChI=1S/C24H32N2OS.C2H2/c1-3-4-14-25-24(27)20-12-13-22(19(2)17-20)28-23-11-7-6-10-21(23)18-26-15-8-5-9-16-26;1-2/h6-7,10-13,17H,3-5,8-9,14-16,18H2,1-2H3,(H,25,27);1-2H. The van der Waals surface area contributed by atoms with E-state index in [1.807, 2.05) is 23.9 Å². The number of hydrogen-bond donors (Lipinski definition) is 1. The Kier molecular flexibility index (Phi) is 10.5. The maximum Gasteiger partial charge on any atom is 0.251 e. The maximum atomic E-state index is 12.3. The van der Waals surface area contributed by atoms with Gasteiger partial charge in [0.25, 0.3) is 5.91 Å². The third-order valence-electron chi connectivity index (χ3n) is 5.29. The Balaban J connectivity index is 0.00000155. The Labute approximate surface area is 186 Å². The topological polar surface area (TPSA) is 32.3 Å². The largest absolute Gasteiger partial charge is 0.352 e. The molecule has 1 N–H and O–H groups in total. The highest BCUT2D eigenvalue weighted by Gasteiger charge is 2.14. The summed E-state index contributed by atoms with van der Waals surface area (Å²) >= 11 is 1.81. The lowest BCUT2D eigenvalue weighted by Crippen LogP contribution is -2.29. The molecular formula is C26H34N2OS. The highest BCUT2D eigenvalue weighted by Crippen LogP contribution is 2.34. The van der Waals surface area contributed by atoms with Gasteiger partial charge < -0.3 is 5.32 Å². The third kappa shape index (κ3) is 7.23. The van der Waals surface area contributed by atoms with Crippen molar-refractivity contribution in [1.29, 1.82) is 0 Å². The molecule has 1 aliphatic heterocycles. The van der Waals surface area contributed by atoms with Crippen LogP contribution in [-0.4, -0.2) is 30.4 Å². The van der Waals surface area contributed by atoms with Gasteiger partial charge in [-0.3, -0.25) is 9.69 Å². The van der Waals surface area contributed by atoms with Gasteiger partial charge in [0.2, 0.25) is 0 Å². The van der Waals surface area contributed by atoms with Crippen LogP contribution in [0.3, 0.4) is 0 Å². The number of carbonyl (C=O) groups excluding carboxylic acids is 1. The fraction of sp³-hybridized carbons (Fsp3) is 0.423. The zero-order valence-corrected chi connectivity index (χ0v) is 19.1. The monoisotopic (exact) mass is 422 g/mol. The van der Waals surface area contributed by atoms with Crippen LogP contribution in [0.4, 0.5) is 0 Å². The minimum absolute atomic E-state index is 0.0265. The second-order valence-corrected chi connectivity index (χ2v) is 8.72. The van der Waals surface area contributed by atoms with Crippen molar-refractivity contribution in [3.05, 3.63) is 59.2 Å². The molecule has 1 saturated heterocycles. The molecule has 160 valence electrons. The van der Waals surface area contributed by atoms with E-state index in [0.717, 1.165) is 37.1 Å². The summed E-state index contributed by atoms with van der Waals surface area (Å²) in [6, 6.07) is 14.8. The summed E-state index contributed by atoms with van der Waals surface area (Å²) in [7, 11) is 0. The maximum absolute atomic E-state index is 12.3. The van der Waals surface area contributed by atoms with Crippen molar-refractivity contribution in [2.24, 2.45) is 0 Å². The van der Waals surface area contributed by atoms with Crippen LogP contribution in [0, 0.1) is 19.8 Å². The van der Waals surface area contributed by atoms with Crippen molar-refractivity contribution in [2.75, 3.05) is 19.6 Å². The first kappa shape index (κ1) is 24.1. The predicted octanol–water partition coefficient (Wildman–Crippen LogP) is 5.91. The van der Waals surface area contributed by atoms with Crippen molar-refractivity contribution in [1.82, 2.24) is 10.2 Å². The van der Waals surface area contributed by atoms with Gasteiger partial charge >= 0.3 is 0 Å². The number of hydrogen-bond acceptors (Lipinski definition) is 3. The number of likely N-dealkylation sites (tertiary alicyclic amines) is 1. The first-order chi connectivity index (χ1) is 14.7. The SMILES string of the molecule is C#C.CCCCNC(=O)c1ccc(Sc2ccccc2CN2CCCCC2)c(C)c1. The Hall–Kier alpha value is -2.22. The van der Waals surface area contributed by atoms with E-state index in [0.29, 0.717) is 0 Å². The van der Waals surface area contributed by atoms with Gasteiger partial charge in [0.05, 0.1) is 0 Å². The van der Waals surface area contributed by atoms with Gasteiger partial charge in [-0.05, 0) is 74.7 Å². The summed E-state index contributed by atoms with van der Waals surface area (Å²) < 4.78 is 0. The summed E-state index contributed by atoms with van der Waals surface area (Å²) in [5.74, 6) is 0.0265. The normalized spacial score (nSPS) is 13.9. The van der Waals surface area contributed by atoms with Crippen molar-refractivity contribution < 1.29 is 4.79 Å². The number of amides is 1. The third-order valence-corrected chi connectivity index (χ3v) is 6.58. The van der Waals surface area contributed by atoms with E-state index < -0.39 is 0 Å². The van der Waals surface area contributed by atoms with E-state index in [4.69, 9.17) is 0 Å². The van der Waals surface area contributed by atoms with Gasteiger partial charge in [-0.1, -0.05) is 49.7 Å². The molecule has 3 nitrogen and oxygen atoms in total. The quantitative estimate of drug-likeness (QED) is 0.424. The molecule has 2 aromatic carbocycles. The minimum atomic E-state index is 0.0265. The molecule has 0 unspecified atom stereocenters. The lowest BCUT2D eigenvalue weighted by Gasteiger charge is -2.27. The summed E-state index contributed by atoms with van der Waals surface area (Å²) in [5.41, 5.74) is 3.30. The van der Waals surface area contributed by atoms with Gasteiger partial charge in [0.1, 0.15) is 0 Å². The van der Waals surface area contributed by atoms with E-state index in [-0.39, 0.29) is 5.91 Å². The average molecular weight is 423 g/mol. The molecule has 0 saturated carbocycles.